The van der Waals surface area contributed by atoms with E-state index in [2.05, 4.69) is 10.3 Å². The van der Waals surface area contributed by atoms with Gasteiger partial charge >= 0.3 is 0 Å². The Morgan fingerprint density at radius 3 is 2.56 bits per heavy atom. The third-order valence-corrected chi connectivity index (χ3v) is 6.81. The number of nitrogens with one attached hydrogen (secondary N) is 1. The molecule has 0 spiro atoms. The highest BCUT2D eigenvalue weighted by molar-refractivity contribution is 14.0. The van der Waals surface area contributed by atoms with Crippen molar-refractivity contribution in [3.05, 3.63) is 35.9 Å². The van der Waals surface area contributed by atoms with Gasteiger partial charge in [-0.15, -0.1) is 24.0 Å². The number of aliphatic hydroxyl groups excluding tert-OH is 1. The van der Waals surface area contributed by atoms with E-state index in [9.17, 15) is 13.5 Å². The maximum Gasteiger partial charge on any atom is 0.194 e. The summed E-state index contributed by atoms with van der Waals surface area (Å²) in [5.41, 5.74) is 0.818. The van der Waals surface area contributed by atoms with Gasteiger partial charge in [0.05, 0.1) is 23.1 Å². The predicted molar refractivity (Wildman–Crippen MR) is 112 cm³/mol. The van der Waals surface area contributed by atoms with Crippen LogP contribution in [0.25, 0.3) is 0 Å². The van der Waals surface area contributed by atoms with Crippen LogP contribution in [-0.2, 0) is 9.84 Å². The number of aliphatic imine (C=N–C) groups is 1. The van der Waals surface area contributed by atoms with Crippen molar-refractivity contribution in [2.75, 3.05) is 31.9 Å². The third-order valence-electron chi connectivity index (χ3n) is 4.28. The number of halogens is 1. The summed E-state index contributed by atoms with van der Waals surface area (Å²) in [5, 5.41) is 13.5. The van der Waals surface area contributed by atoms with Crippen molar-refractivity contribution in [3.8, 4) is 0 Å². The van der Waals surface area contributed by atoms with Gasteiger partial charge in [-0.2, -0.15) is 0 Å². The number of aliphatic hydroxyl groups is 1. The Hall–Kier alpha value is -0.870. The molecular weight excluding hydrogens is 453 g/mol. The molecule has 0 amide bonds. The van der Waals surface area contributed by atoms with E-state index in [1.54, 1.807) is 13.8 Å². The topological polar surface area (TPSA) is 82.0 Å². The lowest BCUT2D eigenvalue weighted by molar-refractivity contribution is 0.186. The second-order valence-corrected chi connectivity index (χ2v) is 9.36. The van der Waals surface area contributed by atoms with Gasteiger partial charge in [-0.05, 0) is 26.3 Å². The van der Waals surface area contributed by atoms with Gasteiger partial charge in [0.1, 0.15) is 0 Å². The molecule has 0 radical (unpaired) electrons. The highest BCUT2D eigenvalue weighted by Crippen LogP contribution is 2.24. The Morgan fingerprint density at radius 2 is 2.00 bits per heavy atom. The summed E-state index contributed by atoms with van der Waals surface area (Å²) in [6.45, 7) is 7.18. The molecule has 1 saturated heterocycles. The maximum absolute atomic E-state index is 12.2. The molecule has 0 aromatic heterocycles. The van der Waals surface area contributed by atoms with Crippen LogP contribution in [0, 0.1) is 0 Å². The van der Waals surface area contributed by atoms with Gasteiger partial charge in [0.25, 0.3) is 0 Å². The number of nitrogens with zero attached hydrogens (tertiary/aromatic N) is 2. The van der Waals surface area contributed by atoms with Crippen molar-refractivity contribution < 1.29 is 13.5 Å². The number of hydrogen-bond donors (Lipinski definition) is 2. The highest BCUT2D eigenvalue weighted by atomic mass is 127. The second-order valence-electron chi connectivity index (χ2n) is 6.62. The van der Waals surface area contributed by atoms with Crippen molar-refractivity contribution in [2.45, 2.75) is 31.6 Å². The zero-order valence-corrected chi connectivity index (χ0v) is 18.1. The van der Waals surface area contributed by atoms with Crippen LogP contribution in [0.5, 0.6) is 0 Å². The minimum absolute atomic E-state index is 0. The van der Waals surface area contributed by atoms with Gasteiger partial charge in [-0.3, -0.25) is 4.99 Å². The van der Waals surface area contributed by atoms with Crippen molar-refractivity contribution in [3.63, 3.8) is 0 Å². The molecule has 8 heteroatoms. The molecule has 1 atom stereocenters. The van der Waals surface area contributed by atoms with Gasteiger partial charge in [0.2, 0.25) is 0 Å². The zero-order chi connectivity index (χ0) is 17.8. The van der Waals surface area contributed by atoms with Crippen molar-refractivity contribution in [2.24, 2.45) is 4.99 Å². The lowest BCUT2D eigenvalue weighted by Gasteiger charge is -2.39. The third kappa shape index (κ3) is 5.55. The first-order valence-corrected chi connectivity index (χ1v) is 9.90. The van der Waals surface area contributed by atoms with Crippen LogP contribution >= 0.6 is 24.0 Å². The number of sulfone groups is 1. The fourth-order valence-corrected chi connectivity index (χ4v) is 4.07. The molecule has 2 N–H and O–H groups in total. The fraction of sp³-hybridized carbons (Fsp3) is 0.588. The summed E-state index contributed by atoms with van der Waals surface area (Å²) in [6.07, 6.45) is -0.679. The van der Waals surface area contributed by atoms with Crippen LogP contribution in [0.3, 0.4) is 0 Å². The highest BCUT2D eigenvalue weighted by Gasteiger charge is 2.40. The minimum Gasteiger partial charge on any atom is -0.386 e. The lowest BCUT2D eigenvalue weighted by Crippen LogP contribution is -2.57. The largest absolute Gasteiger partial charge is 0.386 e. The van der Waals surface area contributed by atoms with E-state index >= 15 is 0 Å². The number of hydrogen-bond acceptors (Lipinski definition) is 4. The van der Waals surface area contributed by atoms with Crippen LogP contribution in [0.15, 0.2) is 35.3 Å². The fourth-order valence-electron chi connectivity index (χ4n) is 2.70. The molecule has 1 fully saturated rings. The number of guanidine groups is 1. The SMILES string of the molecule is CCNC(=NCC(O)c1ccccc1)N1CCS(=O)(=O)C(C)(C)C1.I. The van der Waals surface area contributed by atoms with E-state index in [0.717, 1.165) is 5.56 Å². The molecule has 1 heterocycles. The van der Waals surface area contributed by atoms with Gasteiger partial charge in [-0.1, -0.05) is 30.3 Å². The Kier molecular flexibility index (Phi) is 8.14. The molecule has 1 aliphatic heterocycles. The van der Waals surface area contributed by atoms with E-state index in [0.29, 0.717) is 25.6 Å². The summed E-state index contributed by atoms with van der Waals surface area (Å²) in [6, 6.07) is 9.39. The molecule has 1 aliphatic rings. The van der Waals surface area contributed by atoms with Crippen LogP contribution in [-0.4, -0.2) is 61.1 Å². The Morgan fingerprint density at radius 1 is 1.36 bits per heavy atom. The average Bonchev–Trinajstić information content (AvgIpc) is 2.54. The summed E-state index contributed by atoms with van der Waals surface area (Å²) < 4.78 is 23.5. The van der Waals surface area contributed by atoms with Crippen molar-refractivity contribution in [1.29, 1.82) is 0 Å². The van der Waals surface area contributed by atoms with E-state index < -0.39 is 20.7 Å². The summed E-state index contributed by atoms with van der Waals surface area (Å²) in [4.78, 5) is 6.47. The molecule has 2 rings (SSSR count). The van der Waals surface area contributed by atoms with Crippen molar-refractivity contribution in [1.82, 2.24) is 10.2 Å². The Bertz CT molecular complexity index is 678. The lowest BCUT2D eigenvalue weighted by atomic mass is 10.1. The molecule has 0 bridgehead atoms. The minimum atomic E-state index is -3.09. The number of rotatable bonds is 4. The van der Waals surface area contributed by atoms with Gasteiger partial charge < -0.3 is 15.3 Å². The van der Waals surface area contributed by atoms with E-state index in [4.69, 9.17) is 0 Å². The molecule has 25 heavy (non-hydrogen) atoms. The van der Waals surface area contributed by atoms with E-state index in [1.165, 1.54) is 0 Å². The summed E-state index contributed by atoms with van der Waals surface area (Å²) in [7, 11) is -3.09. The quantitative estimate of drug-likeness (QED) is 0.390. The van der Waals surface area contributed by atoms with Crippen LogP contribution < -0.4 is 5.32 Å². The summed E-state index contributed by atoms with van der Waals surface area (Å²) in [5.74, 6) is 0.765. The monoisotopic (exact) mass is 481 g/mol. The van der Waals surface area contributed by atoms with Crippen molar-refractivity contribution >= 4 is 39.8 Å². The molecule has 0 saturated carbocycles. The first-order valence-electron chi connectivity index (χ1n) is 8.25. The number of benzene rings is 1. The second kappa shape index (κ2) is 9.18. The average molecular weight is 481 g/mol. The van der Waals surface area contributed by atoms with Gasteiger partial charge in [0.15, 0.2) is 15.8 Å². The van der Waals surface area contributed by atoms with Gasteiger partial charge in [0, 0.05) is 19.6 Å². The van der Waals surface area contributed by atoms with Crippen LogP contribution in [0.2, 0.25) is 0 Å². The molecular formula is C17H28IN3O3S. The first kappa shape index (κ1) is 22.2. The summed E-state index contributed by atoms with van der Waals surface area (Å²) >= 11 is 0. The standard InChI is InChI=1S/C17H27N3O3S.HI/c1-4-18-16(19-12-15(21)14-8-6-5-7-9-14)20-10-11-24(22,23)17(2,3)13-20;/h5-9,15,21H,4,10-13H2,1-3H3,(H,18,19);1H. The smallest absolute Gasteiger partial charge is 0.194 e. The maximum atomic E-state index is 12.2. The molecule has 1 unspecified atom stereocenters. The Labute approximate surface area is 167 Å². The molecule has 142 valence electrons. The molecule has 0 aliphatic carbocycles. The molecule has 1 aromatic rings. The predicted octanol–water partition coefficient (Wildman–Crippen LogP) is 1.81. The zero-order valence-electron chi connectivity index (χ0n) is 15.0. The van der Waals surface area contributed by atoms with E-state index in [-0.39, 0.29) is 36.3 Å². The van der Waals surface area contributed by atoms with Crippen LogP contribution in [0.4, 0.5) is 0 Å². The Balaban J connectivity index is 0.00000312. The van der Waals surface area contributed by atoms with E-state index in [1.807, 2.05) is 42.2 Å². The molecule has 6 nitrogen and oxygen atoms in total. The normalized spacial score (nSPS) is 20.5. The van der Waals surface area contributed by atoms with Gasteiger partial charge in [-0.25, -0.2) is 8.42 Å². The first-order chi connectivity index (χ1) is 11.3. The molecule has 1 aromatic carbocycles. The van der Waals surface area contributed by atoms with Crippen LogP contribution in [0.1, 0.15) is 32.4 Å².